The first kappa shape index (κ1) is 13.5. The first-order chi connectivity index (χ1) is 10.2. The van der Waals surface area contributed by atoms with Gasteiger partial charge in [-0.15, -0.1) is 5.10 Å². The minimum atomic E-state index is -0.0126. The number of anilines is 2. The number of hydrogen-bond donors (Lipinski definition) is 2. The van der Waals surface area contributed by atoms with Crippen molar-refractivity contribution in [3.63, 3.8) is 0 Å². The molecule has 3 heterocycles. The number of hydrogen-bond acceptors (Lipinski definition) is 6. The van der Waals surface area contributed by atoms with E-state index in [1.54, 1.807) is 0 Å². The lowest BCUT2D eigenvalue weighted by Crippen LogP contribution is -2.38. The van der Waals surface area contributed by atoms with Crippen molar-refractivity contribution in [2.75, 3.05) is 23.3 Å². The highest BCUT2D eigenvalue weighted by Crippen LogP contribution is 2.22. The molecule has 8 nitrogen and oxygen atoms in total. The van der Waals surface area contributed by atoms with Crippen LogP contribution in [0, 0.1) is 12.8 Å². The van der Waals surface area contributed by atoms with Crippen LogP contribution in [0.2, 0.25) is 0 Å². The molecule has 2 aromatic rings. The number of carbonyl (C=O) groups excluding carboxylic acids is 1. The van der Waals surface area contributed by atoms with Gasteiger partial charge in [0.1, 0.15) is 6.33 Å². The largest absolute Gasteiger partial charge is 0.355 e. The van der Waals surface area contributed by atoms with Crippen LogP contribution in [0.1, 0.15) is 18.5 Å². The number of carbonyl (C=O) groups is 1. The summed E-state index contributed by atoms with van der Waals surface area (Å²) in [7, 11) is 0. The minimum absolute atomic E-state index is 0.00948. The number of aryl methyl sites for hydroxylation is 1. The van der Waals surface area contributed by atoms with Gasteiger partial charge >= 0.3 is 0 Å². The monoisotopic (exact) mass is 287 g/mol. The molecule has 0 spiro atoms. The van der Waals surface area contributed by atoms with Crippen molar-refractivity contribution < 1.29 is 4.79 Å². The lowest BCUT2D eigenvalue weighted by molar-refractivity contribution is -0.120. The van der Waals surface area contributed by atoms with Crippen LogP contribution in [-0.2, 0) is 4.79 Å². The minimum Gasteiger partial charge on any atom is -0.355 e. The van der Waals surface area contributed by atoms with E-state index in [0.717, 1.165) is 37.4 Å². The molecule has 1 saturated heterocycles. The van der Waals surface area contributed by atoms with Crippen molar-refractivity contribution in [2.24, 2.45) is 5.92 Å². The molecule has 2 aromatic heterocycles. The summed E-state index contributed by atoms with van der Waals surface area (Å²) in [6, 6.07) is 3.92. The number of piperidine rings is 1. The molecule has 1 aliphatic heterocycles. The van der Waals surface area contributed by atoms with E-state index in [0.29, 0.717) is 5.95 Å². The zero-order valence-corrected chi connectivity index (χ0v) is 11.8. The maximum atomic E-state index is 12.1. The number of aromatic nitrogens is 5. The third-order valence-corrected chi connectivity index (χ3v) is 3.63. The molecule has 0 atom stereocenters. The van der Waals surface area contributed by atoms with Crippen molar-refractivity contribution in [3.05, 3.63) is 24.2 Å². The van der Waals surface area contributed by atoms with Gasteiger partial charge < -0.3 is 4.90 Å². The fourth-order valence-corrected chi connectivity index (χ4v) is 2.42. The quantitative estimate of drug-likeness (QED) is 0.864. The molecule has 1 fully saturated rings. The molecule has 21 heavy (non-hydrogen) atoms. The fraction of sp³-hybridized carbons (Fsp3) is 0.462. The Kier molecular flexibility index (Phi) is 3.76. The number of nitrogens with zero attached hydrogens (tertiary/aromatic N) is 5. The van der Waals surface area contributed by atoms with E-state index in [2.05, 4.69) is 35.6 Å². The molecule has 1 aliphatic rings. The lowest BCUT2D eigenvalue weighted by atomic mass is 9.96. The van der Waals surface area contributed by atoms with E-state index in [1.165, 1.54) is 6.33 Å². The number of amides is 1. The normalized spacial score (nSPS) is 16.0. The van der Waals surface area contributed by atoms with Gasteiger partial charge in [0.25, 0.3) is 0 Å². The second-order valence-corrected chi connectivity index (χ2v) is 5.12. The molecule has 0 radical (unpaired) electrons. The van der Waals surface area contributed by atoms with Crippen molar-refractivity contribution in [2.45, 2.75) is 19.8 Å². The van der Waals surface area contributed by atoms with Crippen LogP contribution in [0.5, 0.6) is 0 Å². The summed E-state index contributed by atoms with van der Waals surface area (Å²) in [5.74, 6) is 1.24. The van der Waals surface area contributed by atoms with Crippen molar-refractivity contribution in [1.29, 1.82) is 0 Å². The summed E-state index contributed by atoms with van der Waals surface area (Å²) in [5, 5.41) is 17.3. The van der Waals surface area contributed by atoms with E-state index in [4.69, 9.17) is 0 Å². The van der Waals surface area contributed by atoms with E-state index in [9.17, 15) is 4.79 Å². The van der Waals surface area contributed by atoms with Gasteiger partial charge in [-0.2, -0.15) is 15.2 Å². The Hall–Kier alpha value is -2.51. The Morgan fingerprint density at radius 2 is 2.14 bits per heavy atom. The van der Waals surface area contributed by atoms with Crippen LogP contribution in [0.4, 0.5) is 11.8 Å². The zero-order chi connectivity index (χ0) is 14.7. The highest BCUT2D eigenvalue weighted by atomic mass is 16.2. The van der Waals surface area contributed by atoms with Gasteiger partial charge in [-0.1, -0.05) is 0 Å². The van der Waals surface area contributed by atoms with Gasteiger partial charge in [0.2, 0.25) is 11.9 Å². The topological polar surface area (TPSA) is 99.7 Å². The summed E-state index contributed by atoms with van der Waals surface area (Å²) in [4.78, 5) is 18.2. The Morgan fingerprint density at radius 1 is 1.33 bits per heavy atom. The third kappa shape index (κ3) is 3.15. The summed E-state index contributed by atoms with van der Waals surface area (Å²) in [5.41, 5.74) is 0.903. The Morgan fingerprint density at radius 3 is 2.76 bits per heavy atom. The van der Waals surface area contributed by atoms with Crippen molar-refractivity contribution in [3.8, 4) is 0 Å². The summed E-state index contributed by atoms with van der Waals surface area (Å²) in [6.07, 6.45) is 2.94. The maximum absolute atomic E-state index is 12.1. The molecule has 0 unspecified atom stereocenters. The van der Waals surface area contributed by atoms with E-state index in [-0.39, 0.29) is 11.8 Å². The number of aromatic amines is 1. The highest BCUT2D eigenvalue weighted by molar-refractivity contribution is 5.91. The highest BCUT2D eigenvalue weighted by Gasteiger charge is 2.26. The van der Waals surface area contributed by atoms with Crippen LogP contribution in [0.3, 0.4) is 0 Å². The van der Waals surface area contributed by atoms with E-state index < -0.39 is 0 Å². The number of nitrogens with one attached hydrogen (secondary N) is 2. The average Bonchev–Trinajstić information content (AvgIpc) is 3.01. The van der Waals surface area contributed by atoms with Gasteiger partial charge in [0.15, 0.2) is 5.82 Å². The Balaban J connectivity index is 1.55. The zero-order valence-electron chi connectivity index (χ0n) is 11.8. The second-order valence-electron chi connectivity index (χ2n) is 5.12. The van der Waals surface area contributed by atoms with Gasteiger partial charge in [-0.25, -0.2) is 5.10 Å². The standard InChI is InChI=1S/C13H17N7O/c1-9-2-3-11(18-17-9)20-6-4-10(5-7-20)12(21)16-13-14-8-15-19-13/h2-3,8,10H,4-7H2,1H3,(H2,14,15,16,19,21). The predicted octanol–water partition coefficient (Wildman–Crippen LogP) is 0.758. The van der Waals surface area contributed by atoms with Crippen LogP contribution in [0.25, 0.3) is 0 Å². The number of H-pyrrole nitrogens is 1. The summed E-state index contributed by atoms with van der Waals surface area (Å²) < 4.78 is 0. The third-order valence-electron chi connectivity index (χ3n) is 3.63. The van der Waals surface area contributed by atoms with Crippen LogP contribution < -0.4 is 10.2 Å². The average molecular weight is 287 g/mol. The molecular formula is C13H17N7O. The molecule has 3 rings (SSSR count). The first-order valence-corrected chi connectivity index (χ1v) is 6.94. The molecule has 0 bridgehead atoms. The number of rotatable bonds is 3. The Bertz CT molecular complexity index is 587. The van der Waals surface area contributed by atoms with E-state index in [1.807, 2.05) is 19.1 Å². The maximum Gasteiger partial charge on any atom is 0.229 e. The van der Waals surface area contributed by atoms with Crippen LogP contribution in [-0.4, -0.2) is 44.4 Å². The summed E-state index contributed by atoms with van der Waals surface area (Å²) >= 11 is 0. The van der Waals surface area contributed by atoms with Crippen molar-refractivity contribution in [1.82, 2.24) is 25.4 Å². The molecule has 0 aromatic carbocycles. The molecule has 0 aliphatic carbocycles. The smallest absolute Gasteiger partial charge is 0.229 e. The van der Waals surface area contributed by atoms with Gasteiger partial charge in [0.05, 0.1) is 5.69 Å². The predicted molar refractivity (Wildman–Crippen MR) is 76.7 cm³/mol. The van der Waals surface area contributed by atoms with E-state index >= 15 is 0 Å². The molecule has 1 amide bonds. The molecule has 2 N–H and O–H groups in total. The van der Waals surface area contributed by atoms with Gasteiger partial charge in [0, 0.05) is 19.0 Å². The Labute approximate surface area is 122 Å². The molecule has 0 saturated carbocycles. The molecule has 8 heteroatoms. The van der Waals surface area contributed by atoms with Crippen LogP contribution in [0.15, 0.2) is 18.5 Å². The second kappa shape index (κ2) is 5.86. The molecule has 110 valence electrons. The SMILES string of the molecule is Cc1ccc(N2CCC(C(=O)Nc3ncn[nH]3)CC2)nn1. The van der Waals surface area contributed by atoms with Crippen LogP contribution >= 0.6 is 0 Å². The first-order valence-electron chi connectivity index (χ1n) is 6.94. The van der Waals surface area contributed by atoms with Crippen molar-refractivity contribution >= 4 is 17.7 Å². The van der Waals surface area contributed by atoms with Gasteiger partial charge in [-0.05, 0) is 31.9 Å². The van der Waals surface area contributed by atoms with Gasteiger partial charge in [-0.3, -0.25) is 10.1 Å². The summed E-state index contributed by atoms with van der Waals surface area (Å²) in [6.45, 7) is 3.51. The lowest BCUT2D eigenvalue weighted by Gasteiger charge is -2.31. The molecular weight excluding hydrogens is 270 g/mol. The fourth-order valence-electron chi connectivity index (χ4n) is 2.42.